The molecule has 0 atom stereocenters. The molecule has 3 aromatic carbocycles. The van der Waals surface area contributed by atoms with E-state index in [9.17, 15) is 9.59 Å². The van der Waals surface area contributed by atoms with Gasteiger partial charge in [-0.1, -0.05) is 36.4 Å². The van der Waals surface area contributed by atoms with Gasteiger partial charge in [0, 0.05) is 18.8 Å². The summed E-state index contributed by atoms with van der Waals surface area (Å²) in [7, 11) is 0. The van der Waals surface area contributed by atoms with Crippen molar-refractivity contribution in [1.82, 2.24) is 5.32 Å². The Kier molecular flexibility index (Phi) is 8.16. The lowest BCUT2D eigenvalue weighted by Gasteiger charge is -2.22. The molecule has 35 heavy (non-hydrogen) atoms. The SMILES string of the molecule is O=C(COc1ccccc1)NCCCN(C(=O)c1ccco1)c1ccc(Oc2ccccc2)cc1. The minimum atomic E-state index is -0.259. The van der Waals surface area contributed by atoms with Crippen molar-refractivity contribution in [1.29, 1.82) is 0 Å². The van der Waals surface area contributed by atoms with E-state index in [1.165, 1.54) is 6.26 Å². The van der Waals surface area contributed by atoms with Crippen molar-refractivity contribution in [3.8, 4) is 17.2 Å². The first kappa shape index (κ1) is 23.6. The van der Waals surface area contributed by atoms with E-state index in [1.807, 2.05) is 72.8 Å². The fraction of sp³-hybridized carbons (Fsp3) is 0.143. The standard InChI is InChI=1S/C28H26N2O5/c31-27(21-34-23-9-3-1-4-10-23)29-18-8-19-30(28(32)26-13-7-20-33-26)22-14-16-25(17-15-22)35-24-11-5-2-6-12-24/h1-7,9-17,20H,8,18-19,21H2,(H,29,31). The van der Waals surface area contributed by atoms with Gasteiger partial charge in [0.15, 0.2) is 12.4 Å². The lowest BCUT2D eigenvalue weighted by Crippen LogP contribution is -2.35. The third-order valence-electron chi connectivity index (χ3n) is 5.10. The molecule has 0 aliphatic heterocycles. The maximum Gasteiger partial charge on any atom is 0.293 e. The number of amides is 2. The lowest BCUT2D eigenvalue weighted by molar-refractivity contribution is -0.123. The van der Waals surface area contributed by atoms with Crippen LogP contribution in [-0.2, 0) is 4.79 Å². The molecule has 1 heterocycles. The topological polar surface area (TPSA) is 81.0 Å². The van der Waals surface area contributed by atoms with Gasteiger partial charge in [-0.2, -0.15) is 0 Å². The Balaban J connectivity index is 1.33. The van der Waals surface area contributed by atoms with Crippen molar-refractivity contribution in [2.24, 2.45) is 0 Å². The number of furan rings is 1. The van der Waals surface area contributed by atoms with Gasteiger partial charge in [0.2, 0.25) is 0 Å². The highest BCUT2D eigenvalue weighted by Crippen LogP contribution is 2.25. The van der Waals surface area contributed by atoms with Gasteiger partial charge in [-0.25, -0.2) is 0 Å². The van der Waals surface area contributed by atoms with Crippen molar-refractivity contribution < 1.29 is 23.5 Å². The molecule has 4 rings (SSSR count). The van der Waals surface area contributed by atoms with Crippen molar-refractivity contribution in [3.05, 3.63) is 109 Å². The molecule has 1 aromatic heterocycles. The number of benzene rings is 3. The molecule has 0 unspecified atom stereocenters. The molecule has 178 valence electrons. The molecule has 0 aliphatic rings. The average Bonchev–Trinajstić information content (AvgIpc) is 3.44. The number of para-hydroxylation sites is 2. The van der Waals surface area contributed by atoms with Crippen LogP contribution >= 0.6 is 0 Å². The van der Waals surface area contributed by atoms with E-state index in [1.54, 1.807) is 29.2 Å². The number of rotatable bonds is 11. The van der Waals surface area contributed by atoms with Crippen LogP contribution in [0.3, 0.4) is 0 Å². The number of nitrogens with one attached hydrogen (secondary N) is 1. The predicted octanol–water partition coefficient (Wildman–Crippen LogP) is 5.30. The van der Waals surface area contributed by atoms with Crippen LogP contribution in [0.2, 0.25) is 0 Å². The summed E-state index contributed by atoms with van der Waals surface area (Å²) in [5.74, 6) is 1.80. The molecule has 0 spiro atoms. The second kappa shape index (κ2) is 12.1. The Bertz CT molecular complexity index is 1190. The molecule has 0 fully saturated rings. The number of ether oxygens (including phenoxy) is 2. The maximum atomic E-state index is 13.1. The number of nitrogens with zero attached hydrogens (tertiary/aromatic N) is 1. The number of anilines is 1. The summed E-state index contributed by atoms with van der Waals surface area (Å²) in [5.41, 5.74) is 0.700. The highest BCUT2D eigenvalue weighted by Gasteiger charge is 2.20. The molecule has 1 N–H and O–H groups in total. The molecular formula is C28H26N2O5. The highest BCUT2D eigenvalue weighted by atomic mass is 16.5. The van der Waals surface area contributed by atoms with Crippen LogP contribution in [0.25, 0.3) is 0 Å². The monoisotopic (exact) mass is 470 g/mol. The van der Waals surface area contributed by atoms with Crippen molar-refractivity contribution in [2.45, 2.75) is 6.42 Å². The zero-order chi connectivity index (χ0) is 24.3. The molecule has 0 saturated heterocycles. The van der Waals surface area contributed by atoms with Gasteiger partial charge in [0.1, 0.15) is 17.2 Å². The van der Waals surface area contributed by atoms with Gasteiger partial charge in [-0.05, 0) is 67.1 Å². The summed E-state index contributed by atoms with van der Waals surface area (Å²) in [5, 5.41) is 2.82. The molecule has 0 aliphatic carbocycles. The minimum Gasteiger partial charge on any atom is -0.484 e. The molecule has 0 radical (unpaired) electrons. The maximum absolute atomic E-state index is 13.1. The van der Waals surface area contributed by atoms with Gasteiger partial charge >= 0.3 is 0 Å². The van der Waals surface area contributed by atoms with Crippen molar-refractivity contribution in [2.75, 3.05) is 24.6 Å². The summed E-state index contributed by atoms with van der Waals surface area (Å²) >= 11 is 0. The Morgan fingerprint density at radius 3 is 2.09 bits per heavy atom. The van der Waals surface area contributed by atoms with E-state index in [-0.39, 0.29) is 24.2 Å². The van der Waals surface area contributed by atoms with Crippen molar-refractivity contribution >= 4 is 17.5 Å². The third kappa shape index (κ3) is 6.98. The fourth-order valence-electron chi connectivity index (χ4n) is 3.38. The van der Waals surface area contributed by atoms with Gasteiger partial charge < -0.3 is 24.1 Å². The summed E-state index contributed by atoms with van der Waals surface area (Å²) < 4.78 is 16.6. The van der Waals surface area contributed by atoms with Crippen LogP contribution in [0.4, 0.5) is 5.69 Å². The van der Waals surface area contributed by atoms with Gasteiger partial charge in [0.05, 0.1) is 6.26 Å². The zero-order valence-corrected chi connectivity index (χ0v) is 19.1. The molecule has 2 amide bonds. The summed E-state index contributed by atoms with van der Waals surface area (Å²) in [4.78, 5) is 26.8. The van der Waals surface area contributed by atoms with Gasteiger partial charge in [0.25, 0.3) is 11.8 Å². The van der Waals surface area contributed by atoms with E-state index in [2.05, 4.69) is 5.32 Å². The Morgan fingerprint density at radius 1 is 0.771 bits per heavy atom. The number of carbonyl (C=O) groups excluding carboxylic acids is 2. The number of hydrogen-bond donors (Lipinski definition) is 1. The van der Waals surface area contributed by atoms with Crippen LogP contribution in [-0.4, -0.2) is 31.5 Å². The lowest BCUT2D eigenvalue weighted by atomic mass is 10.2. The zero-order valence-electron chi connectivity index (χ0n) is 19.1. The van der Waals surface area contributed by atoms with Crippen LogP contribution in [0, 0.1) is 0 Å². The first-order valence-corrected chi connectivity index (χ1v) is 11.3. The Morgan fingerprint density at radius 2 is 1.43 bits per heavy atom. The normalized spacial score (nSPS) is 10.4. The van der Waals surface area contributed by atoms with Crippen LogP contribution in [0.5, 0.6) is 17.2 Å². The quantitative estimate of drug-likeness (QED) is 0.301. The Hall–Kier alpha value is -4.52. The van der Waals surface area contributed by atoms with E-state index in [0.717, 1.165) is 5.75 Å². The van der Waals surface area contributed by atoms with E-state index >= 15 is 0 Å². The minimum absolute atomic E-state index is 0.0675. The van der Waals surface area contributed by atoms with E-state index in [4.69, 9.17) is 13.9 Å². The molecule has 4 aromatic rings. The second-order valence-electron chi connectivity index (χ2n) is 7.65. The number of carbonyl (C=O) groups is 2. The average molecular weight is 471 g/mol. The molecule has 0 bridgehead atoms. The first-order valence-electron chi connectivity index (χ1n) is 11.3. The van der Waals surface area contributed by atoms with Crippen LogP contribution in [0.15, 0.2) is 108 Å². The Labute approximate surface area is 203 Å². The fourth-order valence-corrected chi connectivity index (χ4v) is 3.38. The van der Waals surface area contributed by atoms with Crippen LogP contribution in [0.1, 0.15) is 17.0 Å². The third-order valence-corrected chi connectivity index (χ3v) is 5.10. The smallest absolute Gasteiger partial charge is 0.293 e. The molecule has 7 heteroatoms. The van der Waals surface area contributed by atoms with Gasteiger partial charge in [-0.3, -0.25) is 9.59 Å². The highest BCUT2D eigenvalue weighted by molar-refractivity contribution is 6.04. The summed E-state index contributed by atoms with van der Waals surface area (Å²) in [6, 6.07) is 29.2. The summed E-state index contributed by atoms with van der Waals surface area (Å²) in [6.07, 6.45) is 2.01. The summed E-state index contributed by atoms with van der Waals surface area (Å²) in [6.45, 7) is 0.717. The first-order chi connectivity index (χ1) is 17.2. The van der Waals surface area contributed by atoms with E-state index in [0.29, 0.717) is 36.7 Å². The predicted molar refractivity (Wildman–Crippen MR) is 133 cm³/mol. The van der Waals surface area contributed by atoms with Crippen LogP contribution < -0.4 is 19.7 Å². The van der Waals surface area contributed by atoms with Gasteiger partial charge in [-0.15, -0.1) is 0 Å². The van der Waals surface area contributed by atoms with Crippen molar-refractivity contribution in [3.63, 3.8) is 0 Å². The number of hydrogen-bond acceptors (Lipinski definition) is 5. The second-order valence-corrected chi connectivity index (χ2v) is 7.65. The van der Waals surface area contributed by atoms with E-state index < -0.39 is 0 Å². The molecule has 0 saturated carbocycles. The largest absolute Gasteiger partial charge is 0.484 e. The molecular weight excluding hydrogens is 444 g/mol. The molecule has 7 nitrogen and oxygen atoms in total.